The van der Waals surface area contributed by atoms with E-state index in [9.17, 15) is 0 Å². The van der Waals surface area contributed by atoms with Gasteiger partial charge in [0.2, 0.25) is 0 Å². The number of hydrogen-bond acceptors (Lipinski definition) is 3. The van der Waals surface area contributed by atoms with Gasteiger partial charge in [-0.25, -0.2) is 0 Å². The molecule has 0 radical (unpaired) electrons. The van der Waals surface area contributed by atoms with Crippen molar-refractivity contribution in [2.45, 2.75) is 13.8 Å². The Morgan fingerprint density at radius 2 is 1.94 bits per heavy atom. The number of nitrogen functional groups attached to an aromatic ring is 1. The quantitative estimate of drug-likeness (QED) is 0.859. The van der Waals surface area contributed by atoms with Gasteiger partial charge in [0.05, 0.1) is 12.1 Å². The molecule has 2 aromatic rings. The fourth-order valence-corrected chi connectivity index (χ4v) is 2.69. The van der Waals surface area contributed by atoms with E-state index in [0.717, 1.165) is 26.8 Å². The predicted molar refractivity (Wildman–Crippen MR) is 70.2 cm³/mol. The Morgan fingerprint density at radius 3 is 2.50 bits per heavy atom. The summed E-state index contributed by atoms with van der Waals surface area (Å²) in [7, 11) is 1.71. The molecule has 84 valence electrons. The number of rotatable bonds is 2. The smallest absolute Gasteiger partial charge is 0.130 e. The lowest BCUT2D eigenvalue weighted by Crippen LogP contribution is -1.91. The summed E-state index contributed by atoms with van der Waals surface area (Å²) >= 11 is 1.59. The minimum absolute atomic E-state index is 0.830. The van der Waals surface area contributed by atoms with Crippen molar-refractivity contribution >= 4 is 16.3 Å². The van der Waals surface area contributed by atoms with E-state index in [1.165, 1.54) is 5.56 Å². The lowest BCUT2D eigenvalue weighted by Gasteiger charge is -2.11. The van der Waals surface area contributed by atoms with Crippen LogP contribution in [0.25, 0.3) is 10.4 Å². The number of aryl methyl sites for hydroxylation is 2. The van der Waals surface area contributed by atoms with Gasteiger partial charge in [-0.2, -0.15) is 0 Å². The Hall–Kier alpha value is -1.48. The first-order valence-corrected chi connectivity index (χ1v) is 5.94. The predicted octanol–water partition coefficient (Wildman–Crippen LogP) is 3.62. The zero-order chi connectivity index (χ0) is 11.7. The van der Waals surface area contributed by atoms with Crippen LogP contribution in [0.3, 0.4) is 0 Å². The van der Waals surface area contributed by atoms with Crippen molar-refractivity contribution in [1.29, 1.82) is 0 Å². The fraction of sp³-hybridized carbons (Fsp3) is 0.231. The third kappa shape index (κ3) is 1.91. The molecule has 3 heteroatoms. The second-order valence-corrected chi connectivity index (χ2v) is 4.98. The molecule has 1 aromatic carbocycles. The van der Waals surface area contributed by atoms with Gasteiger partial charge in [0.1, 0.15) is 5.75 Å². The van der Waals surface area contributed by atoms with Crippen LogP contribution in [0.1, 0.15) is 11.1 Å². The lowest BCUT2D eigenvalue weighted by molar-refractivity contribution is 0.413. The van der Waals surface area contributed by atoms with Crippen molar-refractivity contribution in [3.05, 3.63) is 35.4 Å². The maximum absolute atomic E-state index is 5.76. The highest BCUT2D eigenvalue weighted by Crippen LogP contribution is 2.38. The van der Waals surface area contributed by atoms with Crippen LogP contribution >= 0.6 is 11.3 Å². The largest absolute Gasteiger partial charge is 0.496 e. The van der Waals surface area contributed by atoms with Crippen molar-refractivity contribution in [2.75, 3.05) is 12.8 Å². The molecule has 0 bridgehead atoms. The maximum Gasteiger partial charge on any atom is 0.130 e. The first kappa shape index (κ1) is 11.0. The number of ether oxygens (including phenoxy) is 1. The van der Waals surface area contributed by atoms with E-state index in [1.54, 1.807) is 18.4 Å². The van der Waals surface area contributed by atoms with E-state index < -0.39 is 0 Å². The van der Waals surface area contributed by atoms with Crippen LogP contribution in [0.15, 0.2) is 24.3 Å². The SMILES string of the molecule is COc1c(C)cc(C)cc1-c1ccc(N)s1. The number of anilines is 1. The van der Waals surface area contributed by atoms with Gasteiger partial charge in [0.15, 0.2) is 0 Å². The van der Waals surface area contributed by atoms with Crippen LogP contribution in [-0.4, -0.2) is 7.11 Å². The molecule has 0 spiro atoms. The average molecular weight is 233 g/mol. The van der Waals surface area contributed by atoms with E-state index in [4.69, 9.17) is 10.5 Å². The number of hydrogen-bond donors (Lipinski definition) is 1. The highest BCUT2D eigenvalue weighted by atomic mass is 32.1. The first-order valence-electron chi connectivity index (χ1n) is 5.12. The topological polar surface area (TPSA) is 35.2 Å². The monoisotopic (exact) mass is 233 g/mol. The second kappa shape index (κ2) is 4.18. The normalized spacial score (nSPS) is 10.4. The molecular formula is C13H15NOS. The summed E-state index contributed by atoms with van der Waals surface area (Å²) in [6.07, 6.45) is 0. The second-order valence-electron chi connectivity index (χ2n) is 3.86. The third-order valence-corrected chi connectivity index (χ3v) is 3.46. The number of nitrogens with two attached hydrogens (primary N) is 1. The molecule has 2 rings (SSSR count). The molecule has 16 heavy (non-hydrogen) atoms. The van der Waals surface area contributed by atoms with Gasteiger partial charge in [-0.3, -0.25) is 0 Å². The molecule has 0 atom stereocenters. The Balaban J connectivity index is 2.63. The molecule has 0 saturated heterocycles. The summed E-state index contributed by atoms with van der Waals surface area (Å²) in [5.41, 5.74) is 9.28. The third-order valence-electron chi connectivity index (χ3n) is 2.52. The summed E-state index contributed by atoms with van der Waals surface area (Å²) in [6, 6.07) is 8.23. The number of benzene rings is 1. The number of methoxy groups -OCH3 is 1. The molecule has 1 heterocycles. The first-order chi connectivity index (χ1) is 7.61. The summed E-state index contributed by atoms with van der Waals surface area (Å²) in [5, 5.41) is 0.830. The van der Waals surface area contributed by atoms with Gasteiger partial charge >= 0.3 is 0 Å². The van der Waals surface area contributed by atoms with Crippen molar-refractivity contribution in [3.63, 3.8) is 0 Å². The van der Waals surface area contributed by atoms with Crippen LogP contribution in [0.2, 0.25) is 0 Å². The van der Waals surface area contributed by atoms with E-state index in [-0.39, 0.29) is 0 Å². The molecule has 0 fully saturated rings. The summed E-state index contributed by atoms with van der Waals surface area (Å²) < 4.78 is 5.46. The Morgan fingerprint density at radius 1 is 1.19 bits per heavy atom. The molecule has 2 nitrogen and oxygen atoms in total. The van der Waals surface area contributed by atoms with E-state index in [2.05, 4.69) is 26.0 Å². The zero-order valence-corrected chi connectivity index (χ0v) is 10.5. The van der Waals surface area contributed by atoms with Crippen LogP contribution in [0, 0.1) is 13.8 Å². The Kier molecular flexibility index (Phi) is 2.88. The molecule has 0 saturated carbocycles. The zero-order valence-electron chi connectivity index (χ0n) is 9.70. The van der Waals surface area contributed by atoms with Gasteiger partial charge < -0.3 is 10.5 Å². The summed E-state index contributed by atoms with van der Waals surface area (Å²) in [5.74, 6) is 0.937. The minimum atomic E-state index is 0.830. The fourth-order valence-electron chi connectivity index (χ4n) is 1.91. The average Bonchev–Trinajstić information content (AvgIpc) is 2.63. The van der Waals surface area contributed by atoms with Gasteiger partial charge in [-0.15, -0.1) is 11.3 Å². The Labute approximate surface area is 99.7 Å². The van der Waals surface area contributed by atoms with Gasteiger partial charge in [0, 0.05) is 10.4 Å². The summed E-state index contributed by atoms with van der Waals surface area (Å²) in [4.78, 5) is 1.15. The highest BCUT2D eigenvalue weighted by molar-refractivity contribution is 7.19. The van der Waals surface area contributed by atoms with E-state index >= 15 is 0 Å². The molecule has 0 amide bonds. The van der Waals surface area contributed by atoms with E-state index in [0.29, 0.717) is 0 Å². The lowest BCUT2D eigenvalue weighted by atomic mass is 10.0. The van der Waals surface area contributed by atoms with E-state index in [1.807, 2.05) is 12.1 Å². The van der Waals surface area contributed by atoms with Crippen molar-refractivity contribution in [1.82, 2.24) is 0 Å². The summed E-state index contributed by atoms with van der Waals surface area (Å²) in [6.45, 7) is 4.15. The molecule has 0 unspecified atom stereocenters. The molecule has 0 aliphatic carbocycles. The van der Waals surface area contributed by atoms with Gasteiger partial charge in [0.25, 0.3) is 0 Å². The molecule has 2 N–H and O–H groups in total. The molecule has 1 aromatic heterocycles. The van der Waals surface area contributed by atoms with Crippen LogP contribution < -0.4 is 10.5 Å². The van der Waals surface area contributed by atoms with Crippen LogP contribution in [-0.2, 0) is 0 Å². The van der Waals surface area contributed by atoms with Gasteiger partial charge in [-0.1, -0.05) is 6.07 Å². The van der Waals surface area contributed by atoms with Gasteiger partial charge in [-0.05, 0) is 43.2 Å². The molecule has 0 aliphatic heterocycles. The minimum Gasteiger partial charge on any atom is -0.496 e. The van der Waals surface area contributed by atoms with Crippen LogP contribution in [0.4, 0.5) is 5.00 Å². The van der Waals surface area contributed by atoms with Crippen molar-refractivity contribution in [2.24, 2.45) is 0 Å². The maximum atomic E-state index is 5.76. The van der Waals surface area contributed by atoms with Crippen molar-refractivity contribution in [3.8, 4) is 16.2 Å². The standard InChI is InChI=1S/C13H15NOS/c1-8-6-9(2)13(15-3)10(7-8)11-4-5-12(14)16-11/h4-7H,14H2,1-3H3. The van der Waals surface area contributed by atoms with Crippen LogP contribution in [0.5, 0.6) is 5.75 Å². The molecular weight excluding hydrogens is 218 g/mol. The Bertz CT molecular complexity index is 517. The number of thiophene rings is 1. The highest BCUT2D eigenvalue weighted by Gasteiger charge is 2.11. The van der Waals surface area contributed by atoms with Crippen molar-refractivity contribution < 1.29 is 4.74 Å². The molecule has 0 aliphatic rings.